The predicted molar refractivity (Wildman–Crippen MR) is 79.5 cm³/mol. The van der Waals surface area contributed by atoms with Crippen LogP contribution in [0.1, 0.15) is 33.6 Å². The molecule has 2 atom stereocenters. The summed E-state index contributed by atoms with van der Waals surface area (Å²) >= 11 is 0. The van der Waals surface area contributed by atoms with Crippen molar-refractivity contribution in [1.29, 1.82) is 0 Å². The van der Waals surface area contributed by atoms with Gasteiger partial charge < -0.3 is 9.74 Å². The van der Waals surface area contributed by atoms with E-state index in [1.54, 1.807) is 0 Å². The van der Waals surface area contributed by atoms with Crippen LogP contribution in [0.25, 0.3) is 0 Å². The molecule has 2 aliphatic rings. The summed E-state index contributed by atoms with van der Waals surface area (Å²) in [4.78, 5) is 2.68. The first kappa shape index (κ1) is 14.5. The molecule has 0 amide bonds. The molecule has 2 rings (SSSR count). The van der Waals surface area contributed by atoms with E-state index in [-0.39, 0.29) is 0 Å². The molecule has 0 aromatic carbocycles. The lowest BCUT2D eigenvalue weighted by atomic mass is 10.2. The Kier molecular flexibility index (Phi) is 4.22. The maximum absolute atomic E-state index is 6.40. The van der Waals surface area contributed by atoms with Crippen LogP contribution in [-0.2, 0) is 4.43 Å². The molecule has 2 fully saturated rings. The van der Waals surface area contributed by atoms with Crippen LogP contribution < -0.4 is 5.32 Å². The number of rotatable bonds is 3. The van der Waals surface area contributed by atoms with E-state index in [2.05, 4.69) is 44.1 Å². The van der Waals surface area contributed by atoms with Gasteiger partial charge >= 0.3 is 0 Å². The third-order valence-electron chi connectivity index (χ3n) is 5.14. The molecule has 4 heteroatoms. The molecule has 2 heterocycles. The van der Waals surface area contributed by atoms with E-state index in [0.29, 0.717) is 11.1 Å². The average Bonchev–Trinajstić information content (AvgIpc) is 2.68. The van der Waals surface area contributed by atoms with E-state index in [4.69, 9.17) is 4.43 Å². The molecular weight excluding hydrogens is 240 g/mol. The van der Waals surface area contributed by atoms with Gasteiger partial charge in [-0.05, 0) is 31.0 Å². The van der Waals surface area contributed by atoms with Crippen LogP contribution in [0.3, 0.4) is 0 Å². The number of fused-ring (bicyclic) bond motifs is 1. The van der Waals surface area contributed by atoms with Gasteiger partial charge in [-0.3, -0.25) is 4.90 Å². The van der Waals surface area contributed by atoms with E-state index in [0.717, 1.165) is 19.2 Å². The van der Waals surface area contributed by atoms with Gasteiger partial charge in [-0.1, -0.05) is 20.8 Å². The van der Waals surface area contributed by atoms with Gasteiger partial charge in [0.05, 0.1) is 0 Å². The first-order valence-electron chi connectivity index (χ1n) is 7.42. The second-order valence-electron chi connectivity index (χ2n) is 7.40. The number of hydrogen-bond donors (Lipinski definition) is 1. The van der Waals surface area contributed by atoms with Crippen LogP contribution in [0.5, 0.6) is 0 Å². The molecule has 0 unspecified atom stereocenters. The molecule has 0 aromatic heterocycles. The van der Waals surface area contributed by atoms with Gasteiger partial charge in [0.2, 0.25) is 0 Å². The van der Waals surface area contributed by atoms with Crippen molar-refractivity contribution in [1.82, 2.24) is 10.2 Å². The van der Waals surface area contributed by atoms with Crippen LogP contribution in [-0.4, -0.2) is 51.5 Å². The Bertz CT molecular complexity index is 288. The fraction of sp³-hybridized carbons (Fsp3) is 1.00. The van der Waals surface area contributed by atoms with Crippen LogP contribution in [0.2, 0.25) is 18.1 Å². The number of nitrogens with zero attached hydrogens (tertiary/aromatic N) is 1. The largest absolute Gasteiger partial charge is 0.415 e. The topological polar surface area (TPSA) is 24.5 Å². The fourth-order valence-electron chi connectivity index (χ4n) is 2.78. The quantitative estimate of drug-likeness (QED) is 0.797. The minimum absolute atomic E-state index is 0.328. The van der Waals surface area contributed by atoms with Crippen LogP contribution >= 0.6 is 0 Å². The maximum Gasteiger partial charge on any atom is 0.192 e. The van der Waals surface area contributed by atoms with Crippen molar-refractivity contribution < 1.29 is 4.43 Å². The molecule has 2 aliphatic heterocycles. The van der Waals surface area contributed by atoms with Crippen molar-refractivity contribution in [2.75, 3.05) is 26.2 Å². The van der Waals surface area contributed by atoms with Crippen molar-refractivity contribution in [3.8, 4) is 0 Å². The molecule has 1 N–H and O–H groups in total. The molecule has 0 saturated carbocycles. The van der Waals surface area contributed by atoms with E-state index in [1.165, 1.54) is 25.9 Å². The molecule has 2 saturated heterocycles. The third-order valence-corrected chi connectivity index (χ3v) is 9.64. The smallest absolute Gasteiger partial charge is 0.192 e. The highest BCUT2D eigenvalue weighted by Gasteiger charge is 2.40. The van der Waals surface area contributed by atoms with Gasteiger partial charge in [-0.2, -0.15) is 0 Å². The fourth-order valence-corrected chi connectivity index (χ4v) is 3.82. The molecule has 3 nitrogen and oxygen atoms in total. The summed E-state index contributed by atoms with van der Waals surface area (Å²) in [5.41, 5.74) is 0. The van der Waals surface area contributed by atoms with Crippen molar-refractivity contribution in [2.24, 2.45) is 0 Å². The van der Waals surface area contributed by atoms with Crippen LogP contribution in [0, 0.1) is 0 Å². The zero-order chi connectivity index (χ0) is 13.4. The maximum atomic E-state index is 6.40. The Morgan fingerprint density at radius 3 is 2.67 bits per heavy atom. The van der Waals surface area contributed by atoms with Gasteiger partial charge in [-0.15, -0.1) is 0 Å². The molecule has 0 radical (unpaired) electrons. The Morgan fingerprint density at radius 1 is 1.28 bits per heavy atom. The number of nitrogens with one attached hydrogen (secondary N) is 1. The Balaban J connectivity index is 1.87. The first-order valence-corrected chi connectivity index (χ1v) is 10.3. The monoisotopic (exact) mass is 270 g/mol. The summed E-state index contributed by atoms with van der Waals surface area (Å²) < 4.78 is 6.40. The Hall–Kier alpha value is 0.0969. The van der Waals surface area contributed by atoms with Gasteiger partial charge in [0, 0.05) is 38.3 Å². The third kappa shape index (κ3) is 2.98. The van der Waals surface area contributed by atoms with Crippen molar-refractivity contribution in [3.05, 3.63) is 0 Å². The van der Waals surface area contributed by atoms with Crippen LogP contribution in [0.15, 0.2) is 0 Å². The lowest BCUT2D eigenvalue weighted by Gasteiger charge is -2.39. The minimum atomic E-state index is -1.57. The summed E-state index contributed by atoms with van der Waals surface area (Å²) in [6, 6.07) is 1.44. The molecule has 18 heavy (non-hydrogen) atoms. The molecule has 106 valence electrons. The van der Waals surface area contributed by atoms with Crippen molar-refractivity contribution in [2.45, 2.75) is 63.8 Å². The molecule has 0 aliphatic carbocycles. The Labute approximate surface area is 113 Å². The van der Waals surface area contributed by atoms with Gasteiger partial charge in [0.15, 0.2) is 8.32 Å². The van der Waals surface area contributed by atoms with E-state index < -0.39 is 8.32 Å². The molecular formula is C14H30N2OSi. The molecule has 0 spiro atoms. The highest BCUT2D eigenvalue weighted by molar-refractivity contribution is 6.74. The first-order chi connectivity index (χ1) is 8.31. The normalized spacial score (nSPS) is 30.5. The van der Waals surface area contributed by atoms with Crippen molar-refractivity contribution in [3.63, 3.8) is 0 Å². The lowest BCUT2D eigenvalue weighted by molar-refractivity contribution is 0.115. The number of piperazine rings is 1. The summed E-state index contributed by atoms with van der Waals surface area (Å²) in [6.07, 6.45) is 2.67. The second-order valence-corrected chi connectivity index (χ2v) is 12.2. The predicted octanol–water partition coefficient (Wildman–Crippen LogP) is 2.44. The Morgan fingerprint density at radius 2 is 2.00 bits per heavy atom. The summed E-state index contributed by atoms with van der Waals surface area (Å²) in [5.74, 6) is 0. The number of hydrogen-bond acceptors (Lipinski definition) is 3. The van der Waals surface area contributed by atoms with Crippen molar-refractivity contribution >= 4 is 8.32 Å². The summed E-state index contributed by atoms with van der Waals surface area (Å²) in [5, 5.41) is 3.83. The average molecular weight is 270 g/mol. The van der Waals surface area contributed by atoms with Gasteiger partial charge in [-0.25, -0.2) is 0 Å². The standard InChI is InChI=1S/C14H30N2OSi/c1-14(2,3)18(4,5)17-11-13-7-6-12-10-15-8-9-16(12)13/h12-13,15H,6-11H2,1-5H3/t12-,13-/m1/s1. The minimum Gasteiger partial charge on any atom is -0.415 e. The van der Waals surface area contributed by atoms with E-state index in [1.807, 2.05) is 0 Å². The molecule has 0 bridgehead atoms. The zero-order valence-electron chi connectivity index (χ0n) is 12.8. The van der Waals surface area contributed by atoms with E-state index in [9.17, 15) is 0 Å². The van der Waals surface area contributed by atoms with Gasteiger partial charge in [0.25, 0.3) is 0 Å². The SMILES string of the molecule is CC(C)(C)[Si](C)(C)OC[C@H]1CC[C@@H]2CNCCN21. The lowest BCUT2D eigenvalue weighted by Crippen LogP contribution is -2.52. The highest BCUT2D eigenvalue weighted by atomic mass is 28.4. The second kappa shape index (κ2) is 5.23. The summed E-state index contributed by atoms with van der Waals surface area (Å²) in [6.45, 7) is 16.2. The summed E-state index contributed by atoms with van der Waals surface area (Å²) in [7, 11) is -1.57. The highest BCUT2D eigenvalue weighted by Crippen LogP contribution is 2.37. The van der Waals surface area contributed by atoms with Gasteiger partial charge in [0.1, 0.15) is 0 Å². The van der Waals surface area contributed by atoms with E-state index >= 15 is 0 Å². The molecule has 0 aromatic rings. The zero-order valence-corrected chi connectivity index (χ0v) is 13.8. The van der Waals surface area contributed by atoms with Crippen LogP contribution in [0.4, 0.5) is 0 Å².